The van der Waals surface area contributed by atoms with Crippen LogP contribution in [-0.4, -0.2) is 11.0 Å². The van der Waals surface area contributed by atoms with Crippen LogP contribution < -0.4 is 10.6 Å². The molecule has 1 amide bonds. The number of hydrogen-bond donors (Lipinski definition) is 2. The Morgan fingerprint density at radius 2 is 1.92 bits per heavy atom. The fourth-order valence-electron chi connectivity index (χ4n) is 3.21. The number of nitrogens with one attached hydrogen (secondary N) is 2. The molecule has 0 unspecified atom stereocenters. The molecule has 0 bridgehead atoms. The second-order valence-corrected chi connectivity index (χ2v) is 6.31. The summed E-state index contributed by atoms with van der Waals surface area (Å²) < 4.78 is 5.15. The van der Waals surface area contributed by atoms with E-state index in [4.69, 9.17) is 16.6 Å². The topological polar surface area (TPSA) is 54.3 Å². The molecule has 0 saturated carbocycles. The molecule has 4 rings (SSSR count). The summed E-state index contributed by atoms with van der Waals surface area (Å²) in [6.07, 6.45) is 6.69. The summed E-state index contributed by atoms with van der Waals surface area (Å²) in [5.41, 5.74) is 3.64. The van der Waals surface area contributed by atoms with E-state index in [0.717, 1.165) is 23.9 Å². The lowest BCUT2D eigenvalue weighted by molar-refractivity contribution is -0.115. The van der Waals surface area contributed by atoms with Gasteiger partial charge in [0.05, 0.1) is 6.26 Å². The molecular weight excluding hydrogens is 332 g/mol. The van der Waals surface area contributed by atoms with Gasteiger partial charge in [0.1, 0.15) is 5.76 Å². The van der Waals surface area contributed by atoms with E-state index in [1.54, 1.807) is 24.5 Å². The molecule has 1 aliphatic rings. The highest BCUT2D eigenvalue weighted by Gasteiger charge is 2.16. The molecule has 0 fully saturated rings. The monoisotopic (exact) mass is 348 g/mol. The minimum Gasteiger partial charge on any atom is -0.465 e. The Balaban J connectivity index is 1.48. The SMILES string of the molecule is O=C(/C=C/c1ccco1)NC(=S)Nc1ccc2c3c(cccc13)CC2. The van der Waals surface area contributed by atoms with Crippen molar-refractivity contribution in [3.8, 4) is 0 Å². The Labute approximate surface area is 150 Å². The van der Waals surface area contributed by atoms with Gasteiger partial charge in [-0.3, -0.25) is 10.1 Å². The molecule has 0 saturated heterocycles. The largest absolute Gasteiger partial charge is 0.465 e. The van der Waals surface area contributed by atoms with Crippen molar-refractivity contribution in [2.45, 2.75) is 12.8 Å². The molecule has 0 spiro atoms. The van der Waals surface area contributed by atoms with Gasteiger partial charge in [0.25, 0.3) is 0 Å². The molecule has 1 heterocycles. The maximum Gasteiger partial charge on any atom is 0.250 e. The van der Waals surface area contributed by atoms with Crippen LogP contribution in [0.3, 0.4) is 0 Å². The third-order valence-electron chi connectivity index (χ3n) is 4.30. The van der Waals surface area contributed by atoms with Crippen LogP contribution >= 0.6 is 12.2 Å². The highest BCUT2D eigenvalue weighted by Crippen LogP contribution is 2.34. The van der Waals surface area contributed by atoms with Crippen LogP contribution in [-0.2, 0) is 17.6 Å². The smallest absolute Gasteiger partial charge is 0.250 e. The molecular formula is C20H16N2O2S. The molecule has 1 aliphatic carbocycles. The first-order valence-corrected chi connectivity index (χ1v) is 8.48. The summed E-state index contributed by atoms with van der Waals surface area (Å²) in [7, 11) is 0. The zero-order chi connectivity index (χ0) is 17.2. The molecule has 2 aromatic carbocycles. The molecule has 3 aromatic rings. The summed E-state index contributed by atoms with van der Waals surface area (Å²) >= 11 is 5.27. The average molecular weight is 348 g/mol. The number of hydrogen-bond acceptors (Lipinski definition) is 3. The number of rotatable bonds is 3. The van der Waals surface area contributed by atoms with Crippen molar-refractivity contribution in [1.29, 1.82) is 0 Å². The first kappa shape index (κ1) is 15.6. The number of furan rings is 1. The van der Waals surface area contributed by atoms with Crippen LogP contribution in [0.4, 0.5) is 5.69 Å². The molecule has 0 aliphatic heterocycles. The quantitative estimate of drug-likeness (QED) is 0.554. The fourth-order valence-corrected chi connectivity index (χ4v) is 3.42. The first-order valence-electron chi connectivity index (χ1n) is 8.08. The molecule has 4 nitrogen and oxygen atoms in total. The minimum atomic E-state index is -0.306. The number of carbonyl (C=O) groups is 1. The van der Waals surface area contributed by atoms with Crippen molar-refractivity contribution in [3.63, 3.8) is 0 Å². The Morgan fingerprint density at radius 3 is 2.72 bits per heavy atom. The molecule has 0 radical (unpaired) electrons. The van der Waals surface area contributed by atoms with Gasteiger partial charge in [-0.25, -0.2) is 0 Å². The number of aryl methyl sites for hydroxylation is 2. The van der Waals surface area contributed by atoms with Crippen LogP contribution in [0.25, 0.3) is 16.8 Å². The third-order valence-corrected chi connectivity index (χ3v) is 4.51. The van der Waals surface area contributed by atoms with Crippen LogP contribution in [0.2, 0.25) is 0 Å². The Morgan fingerprint density at radius 1 is 1.08 bits per heavy atom. The van der Waals surface area contributed by atoms with Crippen LogP contribution in [0, 0.1) is 0 Å². The Kier molecular flexibility index (Phi) is 4.07. The van der Waals surface area contributed by atoms with Gasteiger partial charge in [0.2, 0.25) is 5.91 Å². The van der Waals surface area contributed by atoms with Crippen molar-refractivity contribution in [3.05, 3.63) is 71.7 Å². The molecule has 2 N–H and O–H groups in total. The van der Waals surface area contributed by atoms with Gasteiger partial charge in [-0.1, -0.05) is 24.3 Å². The lowest BCUT2D eigenvalue weighted by Gasteiger charge is -2.12. The van der Waals surface area contributed by atoms with E-state index in [1.165, 1.54) is 22.6 Å². The number of amides is 1. The predicted molar refractivity (Wildman–Crippen MR) is 103 cm³/mol. The van der Waals surface area contributed by atoms with Gasteiger partial charge in [0, 0.05) is 17.1 Å². The molecule has 1 aromatic heterocycles. The summed E-state index contributed by atoms with van der Waals surface area (Å²) in [6, 6.07) is 14.0. The zero-order valence-electron chi connectivity index (χ0n) is 13.4. The molecule has 0 atom stereocenters. The molecule has 25 heavy (non-hydrogen) atoms. The number of benzene rings is 2. The summed E-state index contributed by atoms with van der Waals surface area (Å²) in [5, 5.41) is 8.50. The van der Waals surface area contributed by atoms with Gasteiger partial charge < -0.3 is 9.73 Å². The van der Waals surface area contributed by atoms with E-state index in [2.05, 4.69) is 34.9 Å². The second-order valence-electron chi connectivity index (χ2n) is 5.90. The maximum absolute atomic E-state index is 12.0. The highest BCUT2D eigenvalue weighted by atomic mass is 32.1. The van der Waals surface area contributed by atoms with Gasteiger partial charge in [-0.15, -0.1) is 0 Å². The van der Waals surface area contributed by atoms with E-state index in [0.29, 0.717) is 5.76 Å². The number of anilines is 1. The van der Waals surface area contributed by atoms with Gasteiger partial charge >= 0.3 is 0 Å². The van der Waals surface area contributed by atoms with Crippen molar-refractivity contribution in [2.24, 2.45) is 0 Å². The van der Waals surface area contributed by atoms with Crippen molar-refractivity contribution in [1.82, 2.24) is 5.32 Å². The van der Waals surface area contributed by atoms with E-state index in [-0.39, 0.29) is 11.0 Å². The van der Waals surface area contributed by atoms with Crippen LogP contribution in [0.5, 0.6) is 0 Å². The zero-order valence-corrected chi connectivity index (χ0v) is 14.2. The van der Waals surface area contributed by atoms with Gasteiger partial charge in [0.15, 0.2) is 5.11 Å². The van der Waals surface area contributed by atoms with Crippen molar-refractivity contribution in [2.75, 3.05) is 5.32 Å². The summed E-state index contributed by atoms with van der Waals surface area (Å²) in [5.74, 6) is 0.307. The lowest BCUT2D eigenvalue weighted by Crippen LogP contribution is -2.32. The average Bonchev–Trinajstić information content (AvgIpc) is 3.26. The van der Waals surface area contributed by atoms with Crippen molar-refractivity contribution < 1.29 is 9.21 Å². The van der Waals surface area contributed by atoms with Crippen molar-refractivity contribution >= 4 is 45.8 Å². The highest BCUT2D eigenvalue weighted by molar-refractivity contribution is 7.80. The standard InChI is InChI=1S/C20H16N2O2S/c23-18(11-9-15-4-2-12-24-15)22-20(25)21-17-10-8-14-7-6-13-3-1-5-16(17)19(13)14/h1-5,8-12H,6-7H2,(H2,21,22,23,25)/b11-9+. The fraction of sp³-hybridized carbons (Fsp3) is 0.100. The molecule has 124 valence electrons. The lowest BCUT2D eigenvalue weighted by atomic mass is 10.0. The van der Waals surface area contributed by atoms with E-state index in [9.17, 15) is 4.79 Å². The van der Waals surface area contributed by atoms with Gasteiger partial charge in [-0.2, -0.15) is 0 Å². The van der Waals surface area contributed by atoms with E-state index >= 15 is 0 Å². The molecule has 5 heteroatoms. The Hall–Kier alpha value is -2.92. The van der Waals surface area contributed by atoms with Crippen LogP contribution in [0.15, 0.2) is 59.2 Å². The van der Waals surface area contributed by atoms with E-state index in [1.807, 2.05) is 6.07 Å². The van der Waals surface area contributed by atoms with Crippen LogP contribution in [0.1, 0.15) is 16.9 Å². The second kappa shape index (κ2) is 6.53. The number of thiocarbonyl (C=S) groups is 1. The number of carbonyl (C=O) groups excluding carboxylic acids is 1. The third kappa shape index (κ3) is 3.19. The maximum atomic E-state index is 12.0. The summed E-state index contributed by atoms with van der Waals surface area (Å²) in [4.78, 5) is 12.0. The summed E-state index contributed by atoms with van der Waals surface area (Å²) in [6.45, 7) is 0. The normalized spacial score (nSPS) is 12.6. The Bertz CT molecular complexity index is 980. The van der Waals surface area contributed by atoms with E-state index < -0.39 is 0 Å². The predicted octanol–water partition coefficient (Wildman–Crippen LogP) is 4.06. The first-order chi connectivity index (χ1) is 12.2. The minimum absolute atomic E-state index is 0.271. The van der Waals surface area contributed by atoms with Gasteiger partial charge in [-0.05, 0) is 65.8 Å².